The van der Waals surface area contributed by atoms with Crippen LogP contribution in [0.2, 0.25) is 0 Å². The van der Waals surface area contributed by atoms with Crippen molar-refractivity contribution in [3.8, 4) is 33.6 Å². The van der Waals surface area contributed by atoms with Crippen molar-refractivity contribution in [3.05, 3.63) is 126 Å². The van der Waals surface area contributed by atoms with Crippen LogP contribution in [0.5, 0.6) is 0 Å². The number of rotatable bonds is 10. The molecule has 8 aromatic rings. The van der Waals surface area contributed by atoms with Crippen molar-refractivity contribution in [2.45, 2.75) is 88.3 Å². The Labute approximate surface area is 510 Å². The zero-order chi connectivity index (χ0) is 61.6. The lowest BCUT2D eigenvalue weighted by molar-refractivity contribution is -0.126. The third-order valence-corrected chi connectivity index (χ3v) is 19.0. The lowest BCUT2D eigenvalue weighted by Gasteiger charge is -2.37. The Morgan fingerprint density at radius 2 is 0.965 bits per heavy atom. The molecule has 2 saturated carbocycles. The number of hydrogen-bond donors (Lipinski definition) is 2. The fourth-order valence-corrected chi connectivity index (χ4v) is 13.4. The van der Waals surface area contributed by atoms with E-state index in [2.05, 4.69) is 89.0 Å². The Balaban J connectivity index is 0.000000141. The molecule has 2 N–H and O–H groups in total. The Hall–Kier alpha value is -7.64. The van der Waals surface area contributed by atoms with Crippen molar-refractivity contribution in [2.75, 3.05) is 83.8 Å². The smallest absolute Gasteiger partial charge is 0.399 e. The highest BCUT2D eigenvalue weighted by Crippen LogP contribution is 2.56. The van der Waals surface area contributed by atoms with Crippen LogP contribution >= 0.6 is 15.9 Å². The summed E-state index contributed by atoms with van der Waals surface area (Å²) in [4.78, 5) is 60.4. The molecule has 2 spiro atoms. The zero-order valence-corrected chi connectivity index (χ0v) is 53.4. The number of pyridine rings is 6. The highest BCUT2D eigenvalue weighted by molar-refractivity contribution is 9.10. The molecule has 6 aromatic heterocycles. The zero-order valence-electron chi connectivity index (χ0n) is 50.1. The maximum atomic E-state index is 13.2. The van der Waals surface area contributed by atoms with Crippen molar-refractivity contribution in [1.82, 2.24) is 29.9 Å². The monoisotopic (exact) mass is 1260 g/mol. The molecule has 9 heterocycles. The van der Waals surface area contributed by atoms with E-state index in [-0.39, 0.29) is 28.4 Å². The average Bonchev–Trinajstić information content (AvgIpc) is 1.54. The number of nitrogens with one attached hydrogen (secondary N) is 2. The third kappa shape index (κ3) is 10.9. The van der Waals surface area contributed by atoms with E-state index in [0.29, 0.717) is 32.8 Å². The molecule has 0 atom stereocenters. The number of hydrogen-bond acceptors (Lipinski definition) is 16. The highest BCUT2D eigenvalue weighted by Gasteiger charge is 2.56. The van der Waals surface area contributed by atoms with E-state index in [9.17, 15) is 26.4 Å². The van der Waals surface area contributed by atoms with E-state index in [0.717, 1.165) is 129 Å². The lowest BCUT2D eigenvalue weighted by atomic mass is 9.64. The molecule has 86 heavy (non-hydrogen) atoms. The SMILES string of the molecule is CN(C)c1ccc(-c2ncc(-c3ccc4ncc5c(c4c3)C3(CCC3)C(=O)N5C)cc2NS(C)(=O)=O)cn1.CN(C)c1ccc(-c2ncc(Br)cc2NS(C)(=O)=O)cn1.CN1C(=O)C2(CCC2)c2c1cnc1ccc(B3OC(C)(C)C(C)(C)O3)cc21. The van der Waals surface area contributed by atoms with Crippen molar-refractivity contribution < 1.29 is 35.7 Å². The summed E-state index contributed by atoms with van der Waals surface area (Å²) in [5.74, 6) is 1.94. The van der Waals surface area contributed by atoms with Crippen LogP contribution in [0.3, 0.4) is 0 Å². The van der Waals surface area contributed by atoms with Gasteiger partial charge in [0.1, 0.15) is 11.6 Å². The molecular weight excluding hydrogens is 1200 g/mol. The molecule has 446 valence electrons. The summed E-state index contributed by atoms with van der Waals surface area (Å²) < 4.78 is 65.7. The standard InChI is InChI=1S/C28H28N6O3S.C21H25BN2O3.C13H15BrN4O2S/c1-33(2)24-9-7-18(14-30-24)26-22(32-38(4,36)37)13-19(15-31-26)17-6-8-21-20(12-17)25-23(16-29-21)34(3)27(35)28(25)10-5-11-28;1-19(2)20(3,4)27-22(26-19)13-7-8-15-14(11-13)17-16(12-23-15)24(5)18(25)21(17)9-6-10-21;1-18(2)12-5-4-9(7-15-12)13-11(17-21(3,19)20)6-10(14)8-16-13/h6-9,12-16,32H,5,10-11H2,1-4H3;7-8,11-12H,6,9-10H2,1-5H3;4-8,17H,1-3H3. The van der Waals surface area contributed by atoms with Crippen molar-refractivity contribution >= 4 is 117 Å². The van der Waals surface area contributed by atoms with Crippen LogP contribution in [0, 0.1) is 0 Å². The van der Waals surface area contributed by atoms with Crippen LogP contribution in [0.4, 0.5) is 34.4 Å². The summed E-state index contributed by atoms with van der Waals surface area (Å²) >= 11 is 3.29. The van der Waals surface area contributed by atoms with E-state index < -0.39 is 32.6 Å². The van der Waals surface area contributed by atoms with E-state index in [1.54, 1.807) is 52.9 Å². The Morgan fingerprint density at radius 1 is 0.535 bits per heavy atom. The van der Waals surface area contributed by atoms with Crippen molar-refractivity contribution in [1.29, 1.82) is 0 Å². The van der Waals surface area contributed by atoms with Gasteiger partial charge in [-0.3, -0.25) is 39.0 Å². The first-order valence-corrected chi connectivity index (χ1v) is 32.7. The number of carbonyl (C=O) groups excluding carboxylic acids is 2. The summed E-state index contributed by atoms with van der Waals surface area (Å²) in [5.41, 5.74) is 9.96. The van der Waals surface area contributed by atoms with E-state index in [1.165, 1.54) is 0 Å². The molecular formula is C62H68BBrN12O8S2. The van der Waals surface area contributed by atoms with Gasteiger partial charge in [0.15, 0.2) is 0 Å². The summed E-state index contributed by atoms with van der Waals surface area (Å²) in [6, 6.07) is 23.0. The number of carbonyl (C=O) groups is 2. The Bertz CT molecular complexity index is 4260. The van der Waals surface area contributed by atoms with Gasteiger partial charge in [-0.1, -0.05) is 31.0 Å². The number of halogens is 1. The molecule has 2 aromatic carbocycles. The highest BCUT2D eigenvalue weighted by atomic mass is 79.9. The molecule has 2 aliphatic carbocycles. The number of likely N-dealkylation sites (N-methyl/N-ethyl adjacent to an activating group) is 2. The van der Waals surface area contributed by atoms with E-state index >= 15 is 0 Å². The number of aromatic nitrogens is 6. The minimum atomic E-state index is -3.57. The van der Waals surface area contributed by atoms with E-state index in [4.69, 9.17) is 9.31 Å². The molecule has 3 aliphatic heterocycles. The van der Waals surface area contributed by atoms with Gasteiger partial charge in [-0.2, -0.15) is 0 Å². The largest absolute Gasteiger partial charge is 0.494 e. The van der Waals surface area contributed by atoms with Crippen molar-refractivity contribution in [3.63, 3.8) is 0 Å². The topological polar surface area (TPSA) is 235 Å². The average molecular weight is 1260 g/mol. The first-order chi connectivity index (χ1) is 40.5. The van der Waals surface area contributed by atoms with Gasteiger partial charge in [-0.05, 0) is 135 Å². The fraction of sp³-hybridized carbons (Fsp3) is 0.355. The van der Waals surface area contributed by atoms with Crippen LogP contribution in [0.15, 0.2) is 114 Å². The van der Waals surface area contributed by atoms with Gasteiger partial charge in [-0.25, -0.2) is 26.8 Å². The molecule has 3 fully saturated rings. The maximum Gasteiger partial charge on any atom is 0.494 e. The maximum absolute atomic E-state index is 13.2. The van der Waals surface area contributed by atoms with Gasteiger partial charge < -0.3 is 28.9 Å². The van der Waals surface area contributed by atoms with Crippen molar-refractivity contribution in [2.24, 2.45) is 0 Å². The molecule has 0 bridgehead atoms. The van der Waals surface area contributed by atoms with Crippen LogP contribution in [-0.4, -0.2) is 132 Å². The molecule has 1 saturated heterocycles. The van der Waals surface area contributed by atoms with Gasteiger partial charge in [0, 0.05) is 110 Å². The number of benzene rings is 2. The predicted octanol–water partition coefficient (Wildman–Crippen LogP) is 9.47. The molecule has 13 rings (SSSR count). The van der Waals surface area contributed by atoms with Gasteiger partial charge in [-0.15, -0.1) is 0 Å². The second-order valence-corrected chi connectivity index (χ2v) is 28.7. The normalized spacial score (nSPS) is 17.5. The number of amides is 2. The molecule has 24 heteroatoms. The predicted molar refractivity (Wildman–Crippen MR) is 344 cm³/mol. The second-order valence-electron chi connectivity index (χ2n) is 24.3. The van der Waals surface area contributed by atoms with Crippen LogP contribution in [0.25, 0.3) is 55.4 Å². The molecule has 0 unspecified atom stereocenters. The quantitative estimate of drug-likeness (QED) is 0.121. The lowest BCUT2D eigenvalue weighted by Crippen LogP contribution is -2.44. The first kappa shape index (κ1) is 60.1. The van der Waals surface area contributed by atoms with Gasteiger partial charge in [0.25, 0.3) is 0 Å². The summed E-state index contributed by atoms with van der Waals surface area (Å²) in [7, 11) is 3.92. The molecule has 20 nitrogen and oxygen atoms in total. The number of sulfonamides is 2. The molecule has 2 amide bonds. The van der Waals surface area contributed by atoms with Gasteiger partial charge >= 0.3 is 7.12 Å². The number of anilines is 6. The van der Waals surface area contributed by atoms with Crippen LogP contribution in [-0.2, 0) is 49.8 Å². The second kappa shape index (κ2) is 22.0. The summed E-state index contributed by atoms with van der Waals surface area (Å²) in [5, 5.41) is 2.00. The fourth-order valence-electron chi connectivity index (χ4n) is 11.9. The van der Waals surface area contributed by atoms with Crippen LogP contribution in [0.1, 0.15) is 77.3 Å². The van der Waals surface area contributed by atoms with Gasteiger partial charge in [0.2, 0.25) is 31.9 Å². The number of fused-ring (bicyclic) bond motifs is 8. The minimum absolute atomic E-state index is 0.137. The molecule has 0 radical (unpaired) electrons. The van der Waals surface area contributed by atoms with E-state index in [1.807, 2.05) is 113 Å². The van der Waals surface area contributed by atoms with Gasteiger partial charge in [0.05, 0.1) is 92.1 Å². The van der Waals surface area contributed by atoms with Crippen LogP contribution < -0.4 is 34.5 Å². The minimum Gasteiger partial charge on any atom is -0.399 e. The Morgan fingerprint density at radius 3 is 1.40 bits per heavy atom. The third-order valence-electron chi connectivity index (χ3n) is 17.4. The number of nitrogens with zero attached hydrogens (tertiary/aromatic N) is 10. The first-order valence-electron chi connectivity index (χ1n) is 28.2. The molecule has 5 aliphatic rings. The summed E-state index contributed by atoms with van der Waals surface area (Å²) in [6.45, 7) is 8.24. The Kier molecular flexibility index (Phi) is 15.3. The summed E-state index contributed by atoms with van der Waals surface area (Å²) in [6.07, 6.45) is 18.2.